The van der Waals surface area contributed by atoms with Gasteiger partial charge in [-0.1, -0.05) is 0 Å². The Bertz CT molecular complexity index is 507. The molecule has 0 unspecified atom stereocenters. The minimum atomic E-state index is -1.22. The highest BCUT2D eigenvalue weighted by Crippen LogP contribution is 2.29. The molecule has 0 heterocycles. The van der Waals surface area contributed by atoms with Crippen molar-refractivity contribution in [3.63, 3.8) is 0 Å². The smallest absolute Gasteiger partial charge is 0.335 e. The van der Waals surface area contributed by atoms with Gasteiger partial charge in [0.05, 0.1) is 16.1 Å². The number of benzene rings is 1. The van der Waals surface area contributed by atoms with Crippen molar-refractivity contribution in [2.45, 2.75) is 19.4 Å². The number of carboxylic acids is 1. The number of hydrogen-bond acceptors (Lipinski definition) is 5. The van der Waals surface area contributed by atoms with Crippen molar-refractivity contribution in [2.24, 2.45) is 0 Å². The predicted molar refractivity (Wildman–Crippen MR) is 69.6 cm³/mol. The Morgan fingerprint density at radius 1 is 1.47 bits per heavy atom. The molecule has 0 aliphatic carbocycles. The molecule has 0 spiro atoms. The number of carbonyl (C=O) groups is 1. The lowest BCUT2D eigenvalue weighted by molar-refractivity contribution is -0.384. The van der Waals surface area contributed by atoms with Gasteiger partial charge in [-0.15, -0.1) is 0 Å². The number of anilines is 1. The fraction of sp³-hybridized carbons (Fsp3) is 0.417. The summed E-state index contributed by atoms with van der Waals surface area (Å²) in [7, 11) is 1.60. The maximum Gasteiger partial charge on any atom is 0.335 e. The van der Waals surface area contributed by atoms with E-state index in [0.717, 1.165) is 6.07 Å². The van der Waals surface area contributed by atoms with E-state index in [0.29, 0.717) is 0 Å². The van der Waals surface area contributed by atoms with E-state index >= 15 is 0 Å². The number of likely N-dealkylation sites (N-methyl/N-ethyl adjacent to an activating group) is 1. The minimum Gasteiger partial charge on any atom is -0.478 e. The molecule has 0 aromatic heterocycles. The Labute approximate surface area is 110 Å². The molecule has 19 heavy (non-hydrogen) atoms. The summed E-state index contributed by atoms with van der Waals surface area (Å²) in [6.07, 6.45) is 0. The summed E-state index contributed by atoms with van der Waals surface area (Å²) in [4.78, 5) is 22.7. The average molecular weight is 268 g/mol. The first-order valence-corrected chi connectivity index (χ1v) is 5.57. The van der Waals surface area contributed by atoms with Crippen LogP contribution in [-0.2, 0) is 0 Å². The SMILES string of the molecule is CN(CC(C)(C)O)c1ccc(C(=O)O)cc1[N+](=O)[O-]. The number of hydrogen-bond donors (Lipinski definition) is 2. The zero-order chi connectivity index (χ0) is 14.8. The molecule has 104 valence electrons. The lowest BCUT2D eigenvalue weighted by atomic mass is 10.1. The third-order valence-corrected chi connectivity index (χ3v) is 2.45. The summed E-state index contributed by atoms with van der Waals surface area (Å²) in [5.41, 5.74) is -1.20. The molecule has 0 fully saturated rings. The van der Waals surface area contributed by atoms with Gasteiger partial charge in [-0.2, -0.15) is 0 Å². The molecule has 2 N–H and O–H groups in total. The summed E-state index contributed by atoms with van der Waals surface area (Å²) < 4.78 is 0. The molecule has 1 rings (SSSR count). The Morgan fingerprint density at radius 2 is 2.05 bits per heavy atom. The minimum absolute atomic E-state index is 0.146. The third kappa shape index (κ3) is 3.92. The number of aromatic carboxylic acids is 1. The van der Waals surface area contributed by atoms with Crippen LogP contribution < -0.4 is 4.90 Å². The second-order valence-corrected chi connectivity index (χ2v) is 4.93. The normalized spacial score (nSPS) is 11.2. The highest BCUT2D eigenvalue weighted by molar-refractivity contribution is 5.89. The maximum atomic E-state index is 11.0. The van der Waals surface area contributed by atoms with Crippen LogP contribution in [0.1, 0.15) is 24.2 Å². The Kier molecular flexibility index (Phi) is 4.10. The van der Waals surface area contributed by atoms with Crippen molar-refractivity contribution in [1.82, 2.24) is 0 Å². The Balaban J connectivity index is 3.20. The molecule has 0 saturated heterocycles. The molecule has 7 nitrogen and oxygen atoms in total. The van der Waals surface area contributed by atoms with Gasteiger partial charge < -0.3 is 15.1 Å². The van der Waals surface area contributed by atoms with Gasteiger partial charge in [0.2, 0.25) is 0 Å². The van der Waals surface area contributed by atoms with Crippen molar-refractivity contribution >= 4 is 17.3 Å². The molecule has 1 aromatic rings. The topological polar surface area (TPSA) is 104 Å². The van der Waals surface area contributed by atoms with Crippen LogP contribution in [0.15, 0.2) is 18.2 Å². The fourth-order valence-corrected chi connectivity index (χ4v) is 1.79. The average Bonchev–Trinajstić information content (AvgIpc) is 2.25. The second kappa shape index (κ2) is 5.23. The number of nitro benzene ring substituents is 1. The van der Waals surface area contributed by atoms with E-state index in [-0.39, 0.29) is 23.5 Å². The summed E-state index contributed by atoms with van der Waals surface area (Å²) in [5.74, 6) is -1.22. The van der Waals surface area contributed by atoms with Crippen LogP contribution in [0.2, 0.25) is 0 Å². The maximum absolute atomic E-state index is 11.0. The first-order valence-electron chi connectivity index (χ1n) is 5.57. The quantitative estimate of drug-likeness (QED) is 0.619. The van der Waals surface area contributed by atoms with Crippen molar-refractivity contribution in [2.75, 3.05) is 18.5 Å². The summed E-state index contributed by atoms with van der Waals surface area (Å²) in [5, 5.41) is 29.5. The highest BCUT2D eigenvalue weighted by Gasteiger charge is 2.23. The molecule has 1 aromatic carbocycles. The molecule has 0 radical (unpaired) electrons. The molecule has 0 atom stereocenters. The van der Waals surface area contributed by atoms with Gasteiger partial charge in [0.1, 0.15) is 5.69 Å². The van der Waals surface area contributed by atoms with E-state index < -0.39 is 16.5 Å². The van der Waals surface area contributed by atoms with Gasteiger partial charge in [0.15, 0.2) is 0 Å². The fourth-order valence-electron chi connectivity index (χ4n) is 1.79. The first kappa shape index (κ1) is 14.9. The van der Waals surface area contributed by atoms with Crippen molar-refractivity contribution in [3.8, 4) is 0 Å². The number of rotatable bonds is 5. The van der Waals surface area contributed by atoms with E-state index in [1.54, 1.807) is 20.9 Å². The van der Waals surface area contributed by atoms with Crippen LogP contribution in [0.3, 0.4) is 0 Å². The molecule has 0 bridgehead atoms. The van der Waals surface area contributed by atoms with Crippen LogP contribution in [-0.4, -0.2) is 40.3 Å². The number of nitrogens with zero attached hydrogens (tertiary/aromatic N) is 2. The van der Waals surface area contributed by atoms with E-state index in [9.17, 15) is 20.0 Å². The predicted octanol–water partition coefficient (Wildman–Crippen LogP) is 1.50. The van der Waals surface area contributed by atoms with Crippen LogP contribution in [0, 0.1) is 10.1 Å². The summed E-state index contributed by atoms with van der Waals surface area (Å²) >= 11 is 0. The van der Waals surface area contributed by atoms with E-state index in [1.807, 2.05) is 0 Å². The molecular formula is C12H16N2O5. The van der Waals surface area contributed by atoms with E-state index in [2.05, 4.69) is 0 Å². The molecular weight excluding hydrogens is 252 g/mol. The molecule has 0 amide bonds. The first-order chi connectivity index (χ1) is 8.61. The monoisotopic (exact) mass is 268 g/mol. The van der Waals surface area contributed by atoms with E-state index in [1.165, 1.54) is 17.0 Å². The highest BCUT2D eigenvalue weighted by atomic mass is 16.6. The van der Waals surface area contributed by atoms with Gasteiger partial charge >= 0.3 is 5.97 Å². The Morgan fingerprint density at radius 3 is 2.47 bits per heavy atom. The lowest BCUT2D eigenvalue weighted by Crippen LogP contribution is -2.36. The zero-order valence-corrected chi connectivity index (χ0v) is 11.0. The van der Waals surface area contributed by atoms with Gasteiger partial charge in [-0.25, -0.2) is 4.79 Å². The van der Waals surface area contributed by atoms with Gasteiger partial charge in [-0.05, 0) is 26.0 Å². The van der Waals surface area contributed by atoms with Crippen LogP contribution in [0.4, 0.5) is 11.4 Å². The molecule has 0 saturated carbocycles. The second-order valence-electron chi connectivity index (χ2n) is 4.93. The standard InChI is InChI=1S/C12H16N2O5/c1-12(2,17)7-13(3)9-5-4-8(11(15)16)6-10(9)14(18)19/h4-6,17H,7H2,1-3H3,(H,15,16). The van der Waals surface area contributed by atoms with Gasteiger partial charge in [0, 0.05) is 19.7 Å². The lowest BCUT2D eigenvalue weighted by Gasteiger charge is -2.27. The molecule has 7 heteroatoms. The van der Waals surface area contributed by atoms with E-state index in [4.69, 9.17) is 5.11 Å². The third-order valence-electron chi connectivity index (χ3n) is 2.45. The largest absolute Gasteiger partial charge is 0.478 e. The summed E-state index contributed by atoms with van der Waals surface area (Å²) in [6.45, 7) is 3.35. The van der Waals surface area contributed by atoms with Crippen LogP contribution in [0.5, 0.6) is 0 Å². The van der Waals surface area contributed by atoms with Crippen molar-refractivity contribution < 1.29 is 19.9 Å². The number of aliphatic hydroxyl groups is 1. The van der Waals surface area contributed by atoms with Crippen molar-refractivity contribution in [1.29, 1.82) is 0 Å². The molecule has 0 aliphatic heterocycles. The van der Waals surface area contributed by atoms with Crippen LogP contribution >= 0.6 is 0 Å². The molecule has 0 aliphatic rings. The zero-order valence-electron chi connectivity index (χ0n) is 11.0. The summed E-state index contributed by atoms with van der Waals surface area (Å²) in [6, 6.07) is 3.68. The van der Waals surface area contributed by atoms with Crippen molar-refractivity contribution in [3.05, 3.63) is 33.9 Å². The number of nitro groups is 1. The van der Waals surface area contributed by atoms with Gasteiger partial charge in [-0.3, -0.25) is 10.1 Å². The van der Waals surface area contributed by atoms with Crippen LogP contribution in [0.25, 0.3) is 0 Å². The Hall–Kier alpha value is -2.15. The number of carboxylic acid groups (broad SMARTS) is 1. The van der Waals surface area contributed by atoms with Gasteiger partial charge in [0.25, 0.3) is 5.69 Å².